The van der Waals surface area contributed by atoms with Crippen molar-refractivity contribution in [3.63, 3.8) is 0 Å². The van der Waals surface area contributed by atoms with E-state index < -0.39 is 21.8 Å². The first-order chi connectivity index (χ1) is 6.25. The third-order valence-electron chi connectivity index (χ3n) is 1.56. The predicted octanol–water partition coefficient (Wildman–Crippen LogP) is 0.502. The number of nitrogens with one attached hydrogen (secondary N) is 1. The van der Waals surface area contributed by atoms with Crippen molar-refractivity contribution in [2.75, 3.05) is 6.54 Å². The lowest BCUT2D eigenvalue weighted by Gasteiger charge is -2.14. The number of hydrogen-bond acceptors (Lipinski definition) is 3. The zero-order valence-electron chi connectivity index (χ0n) is 8.20. The molecule has 0 aliphatic rings. The van der Waals surface area contributed by atoms with Crippen LogP contribution in [0.1, 0.15) is 20.3 Å². The van der Waals surface area contributed by atoms with E-state index in [-0.39, 0.29) is 6.54 Å². The number of nitrogens with two attached hydrogens (primary N) is 1. The average Bonchev–Trinajstić information content (AvgIpc) is 1.99. The van der Waals surface area contributed by atoms with Crippen LogP contribution in [-0.4, -0.2) is 26.8 Å². The lowest BCUT2D eigenvalue weighted by Crippen LogP contribution is -2.40. The molecule has 0 saturated carbocycles. The van der Waals surface area contributed by atoms with Gasteiger partial charge in [0.05, 0.1) is 0 Å². The lowest BCUT2D eigenvalue weighted by molar-refractivity contribution is 0.232. The van der Waals surface area contributed by atoms with Gasteiger partial charge >= 0.3 is 5.76 Å². The molecule has 0 aromatic carbocycles. The second kappa shape index (κ2) is 5.57. The van der Waals surface area contributed by atoms with Crippen LogP contribution in [0.2, 0.25) is 0 Å². The second-order valence-corrected chi connectivity index (χ2v) is 5.28. The van der Waals surface area contributed by atoms with Gasteiger partial charge in [-0.2, -0.15) is 8.78 Å². The highest BCUT2D eigenvalue weighted by atomic mass is 32.2. The first-order valence-electron chi connectivity index (χ1n) is 4.28. The van der Waals surface area contributed by atoms with E-state index in [0.29, 0.717) is 12.3 Å². The summed E-state index contributed by atoms with van der Waals surface area (Å²) in [7, 11) is -4.49. The molecular weight excluding hydrogens is 214 g/mol. The van der Waals surface area contributed by atoms with Crippen LogP contribution in [0.3, 0.4) is 0 Å². The molecule has 7 heteroatoms. The second-order valence-electron chi connectivity index (χ2n) is 3.54. The largest absolute Gasteiger partial charge is 0.350 e. The molecule has 0 amide bonds. The summed E-state index contributed by atoms with van der Waals surface area (Å²) in [6.07, 6.45) is 0.589. The maximum absolute atomic E-state index is 11.8. The highest BCUT2D eigenvalue weighted by Crippen LogP contribution is 2.04. The lowest BCUT2D eigenvalue weighted by atomic mass is 10.1. The van der Waals surface area contributed by atoms with E-state index in [0.717, 1.165) is 0 Å². The van der Waals surface area contributed by atoms with Gasteiger partial charge in [-0.3, -0.25) is 0 Å². The van der Waals surface area contributed by atoms with E-state index in [1.165, 1.54) is 0 Å². The van der Waals surface area contributed by atoms with Gasteiger partial charge < -0.3 is 5.73 Å². The molecule has 14 heavy (non-hydrogen) atoms. The molecule has 0 saturated heterocycles. The molecule has 0 aromatic heterocycles. The van der Waals surface area contributed by atoms with Crippen LogP contribution in [0.15, 0.2) is 0 Å². The Morgan fingerprint density at radius 1 is 1.36 bits per heavy atom. The number of halogens is 2. The van der Waals surface area contributed by atoms with Crippen molar-refractivity contribution < 1.29 is 17.2 Å². The fraction of sp³-hybridized carbons (Fsp3) is 1.00. The van der Waals surface area contributed by atoms with Crippen LogP contribution in [0.4, 0.5) is 8.78 Å². The molecule has 0 fully saturated rings. The van der Waals surface area contributed by atoms with Gasteiger partial charge in [0.1, 0.15) is 0 Å². The molecule has 0 aliphatic heterocycles. The third-order valence-corrected chi connectivity index (χ3v) is 2.59. The molecule has 86 valence electrons. The minimum absolute atomic E-state index is 0.148. The van der Waals surface area contributed by atoms with Crippen LogP contribution in [0, 0.1) is 5.92 Å². The molecule has 1 unspecified atom stereocenters. The molecule has 0 bridgehead atoms. The molecule has 4 nitrogen and oxygen atoms in total. The van der Waals surface area contributed by atoms with Gasteiger partial charge in [-0.05, 0) is 12.3 Å². The zero-order valence-corrected chi connectivity index (χ0v) is 9.02. The first kappa shape index (κ1) is 13.7. The predicted molar refractivity (Wildman–Crippen MR) is 50.4 cm³/mol. The van der Waals surface area contributed by atoms with Crippen LogP contribution in [0.5, 0.6) is 0 Å². The Kier molecular flexibility index (Phi) is 5.46. The highest BCUT2D eigenvalue weighted by molar-refractivity contribution is 7.89. The van der Waals surface area contributed by atoms with Crippen molar-refractivity contribution in [3.8, 4) is 0 Å². The van der Waals surface area contributed by atoms with Crippen LogP contribution < -0.4 is 10.5 Å². The minimum atomic E-state index is -4.49. The van der Waals surface area contributed by atoms with Crippen LogP contribution in [0.25, 0.3) is 0 Å². The van der Waals surface area contributed by atoms with Crippen molar-refractivity contribution >= 4 is 10.0 Å². The van der Waals surface area contributed by atoms with Crippen LogP contribution >= 0.6 is 0 Å². The Hall–Kier alpha value is -0.270. The van der Waals surface area contributed by atoms with Crippen molar-refractivity contribution in [2.24, 2.45) is 11.7 Å². The van der Waals surface area contributed by atoms with Gasteiger partial charge in [0.25, 0.3) is 10.0 Å². The fourth-order valence-electron chi connectivity index (χ4n) is 0.975. The molecule has 0 rings (SSSR count). The molecule has 3 N–H and O–H groups in total. The van der Waals surface area contributed by atoms with Gasteiger partial charge in [0.15, 0.2) is 0 Å². The summed E-state index contributed by atoms with van der Waals surface area (Å²) in [6.45, 7) is 3.69. The van der Waals surface area contributed by atoms with Gasteiger partial charge in [-0.1, -0.05) is 13.8 Å². The summed E-state index contributed by atoms with van der Waals surface area (Å²) in [5.41, 5.74) is 5.51. The quantitative estimate of drug-likeness (QED) is 0.698. The standard InChI is InChI=1S/C7H16F2N2O2S/c1-5(2)3-6(10)4-11-14(12,13)7(8)9/h5-7,11H,3-4,10H2,1-2H3. The molecule has 0 heterocycles. The third kappa shape index (κ3) is 5.46. The van der Waals surface area contributed by atoms with E-state index in [2.05, 4.69) is 0 Å². The SMILES string of the molecule is CC(C)CC(N)CNS(=O)(=O)C(F)F. The molecule has 1 atom stereocenters. The fourth-order valence-corrected chi connectivity index (χ4v) is 1.55. The van der Waals surface area contributed by atoms with E-state index in [1.807, 2.05) is 13.8 Å². The Morgan fingerprint density at radius 3 is 2.21 bits per heavy atom. The smallest absolute Gasteiger partial charge is 0.327 e. The van der Waals surface area contributed by atoms with Gasteiger partial charge in [0.2, 0.25) is 0 Å². The zero-order chi connectivity index (χ0) is 11.4. The summed E-state index contributed by atoms with van der Waals surface area (Å²) >= 11 is 0. The van der Waals surface area contributed by atoms with Gasteiger partial charge in [-0.15, -0.1) is 0 Å². The Balaban J connectivity index is 3.95. The van der Waals surface area contributed by atoms with E-state index >= 15 is 0 Å². The van der Waals surface area contributed by atoms with E-state index in [9.17, 15) is 17.2 Å². The summed E-state index contributed by atoms with van der Waals surface area (Å²) in [6, 6.07) is -0.427. The Morgan fingerprint density at radius 2 is 1.86 bits per heavy atom. The van der Waals surface area contributed by atoms with E-state index in [4.69, 9.17) is 5.73 Å². The monoisotopic (exact) mass is 230 g/mol. The van der Waals surface area contributed by atoms with Crippen molar-refractivity contribution in [1.29, 1.82) is 0 Å². The molecule has 0 aromatic rings. The first-order valence-corrected chi connectivity index (χ1v) is 5.82. The normalized spacial score (nSPS) is 15.1. The topological polar surface area (TPSA) is 72.2 Å². The van der Waals surface area contributed by atoms with Gasteiger partial charge in [-0.25, -0.2) is 13.1 Å². The Labute approximate surface area is 82.9 Å². The highest BCUT2D eigenvalue weighted by Gasteiger charge is 2.23. The van der Waals surface area contributed by atoms with Gasteiger partial charge in [0, 0.05) is 12.6 Å². The average molecular weight is 230 g/mol. The van der Waals surface area contributed by atoms with Crippen LogP contribution in [-0.2, 0) is 10.0 Å². The number of hydrogen-bond donors (Lipinski definition) is 2. The Bertz CT molecular complexity index is 254. The van der Waals surface area contributed by atoms with E-state index in [1.54, 1.807) is 4.72 Å². The maximum atomic E-state index is 11.8. The molecule has 0 spiro atoms. The summed E-state index contributed by atoms with van der Waals surface area (Å²) < 4.78 is 46.6. The number of rotatable bonds is 6. The summed E-state index contributed by atoms with van der Waals surface area (Å²) in [5.74, 6) is -3.09. The molecule has 0 radical (unpaired) electrons. The minimum Gasteiger partial charge on any atom is -0.327 e. The number of alkyl halides is 2. The maximum Gasteiger partial charge on any atom is 0.350 e. The molecule has 0 aliphatic carbocycles. The molecular formula is C7H16F2N2O2S. The van der Waals surface area contributed by atoms with Crippen molar-refractivity contribution in [1.82, 2.24) is 4.72 Å². The number of sulfonamides is 1. The van der Waals surface area contributed by atoms with Crippen molar-refractivity contribution in [2.45, 2.75) is 32.1 Å². The summed E-state index contributed by atoms with van der Waals surface area (Å²) in [5, 5.41) is 0. The van der Waals surface area contributed by atoms with Crippen molar-refractivity contribution in [3.05, 3.63) is 0 Å². The summed E-state index contributed by atoms with van der Waals surface area (Å²) in [4.78, 5) is 0.